The van der Waals surface area contributed by atoms with Gasteiger partial charge in [-0.05, 0) is 37.6 Å². The lowest BCUT2D eigenvalue weighted by atomic mass is 10.2. The van der Waals surface area contributed by atoms with E-state index in [0.717, 1.165) is 11.4 Å². The summed E-state index contributed by atoms with van der Waals surface area (Å²) in [5, 5.41) is 12.3. The van der Waals surface area contributed by atoms with E-state index < -0.39 is 6.17 Å². The predicted octanol–water partition coefficient (Wildman–Crippen LogP) is 3.23. The molecule has 0 unspecified atom stereocenters. The van der Waals surface area contributed by atoms with Gasteiger partial charge >= 0.3 is 0 Å². The Morgan fingerprint density at radius 1 is 1.40 bits per heavy atom. The minimum absolute atomic E-state index is 0.127. The topological polar surface area (TPSA) is 61.6 Å². The first-order chi connectivity index (χ1) is 9.69. The SMILES string of the molecule is Cc1ncccc1Nc1nc([C@H]2C[C@@H]2F)ccc1C#N. The van der Waals surface area contributed by atoms with Crippen LogP contribution in [0.5, 0.6) is 0 Å². The molecule has 0 aromatic carbocycles. The van der Waals surface area contributed by atoms with Gasteiger partial charge in [-0.25, -0.2) is 9.37 Å². The van der Waals surface area contributed by atoms with Crippen LogP contribution in [0.4, 0.5) is 15.9 Å². The summed E-state index contributed by atoms with van der Waals surface area (Å²) >= 11 is 0. The molecule has 0 spiro atoms. The van der Waals surface area contributed by atoms with Crippen LogP contribution in [0.25, 0.3) is 0 Å². The van der Waals surface area contributed by atoms with E-state index in [1.54, 1.807) is 18.3 Å². The lowest BCUT2D eigenvalue weighted by Gasteiger charge is -2.10. The zero-order valence-electron chi connectivity index (χ0n) is 11.0. The average Bonchev–Trinajstić information content (AvgIpc) is 3.18. The van der Waals surface area contributed by atoms with Gasteiger partial charge in [0, 0.05) is 17.8 Å². The Balaban J connectivity index is 1.95. The number of anilines is 2. The van der Waals surface area contributed by atoms with Crippen LogP contribution in [-0.2, 0) is 0 Å². The highest BCUT2D eigenvalue weighted by atomic mass is 19.1. The lowest BCUT2D eigenvalue weighted by Crippen LogP contribution is -2.02. The standard InChI is InChI=1S/C15H13FN4/c1-9-13(3-2-6-18-9)19-15-10(8-17)4-5-14(20-15)11-7-12(11)16/h2-6,11-12H,7H2,1H3,(H,19,20)/t11-,12-/m0/s1. The van der Waals surface area contributed by atoms with Crippen molar-refractivity contribution in [1.29, 1.82) is 5.26 Å². The zero-order chi connectivity index (χ0) is 14.1. The molecule has 2 atom stereocenters. The van der Waals surface area contributed by atoms with Crippen LogP contribution in [0.1, 0.15) is 29.3 Å². The van der Waals surface area contributed by atoms with Crippen LogP contribution in [-0.4, -0.2) is 16.1 Å². The second-order valence-corrected chi connectivity index (χ2v) is 4.86. The Morgan fingerprint density at radius 2 is 2.20 bits per heavy atom. The van der Waals surface area contributed by atoms with Crippen molar-refractivity contribution < 1.29 is 4.39 Å². The van der Waals surface area contributed by atoms with Gasteiger partial charge < -0.3 is 5.32 Å². The molecule has 2 aromatic heterocycles. The summed E-state index contributed by atoms with van der Waals surface area (Å²) in [6, 6.07) is 9.18. The molecule has 0 radical (unpaired) electrons. The third kappa shape index (κ3) is 2.32. The summed E-state index contributed by atoms with van der Waals surface area (Å²) in [6.45, 7) is 1.87. The number of nitrogens with zero attached hydrogens (tertiary/aromatic N) is 3. The van der Waals surface area contributed by atoms with E-state index in [9.17, 15) is 4.39 Å². The molecule has 4 nitrogen and oxygen atoms in total. The number of pyridine rings is 2. The van der Waals surface area contributed by atoms with E-state index >= 15 is 0 Å². The van der Waals surface area contributed by atoms with Crippen molar-refractivity contribution in [2.45, 2.75) is 25.4 Å². The second kappa shape index (κ2) is 4.89. The lowest BCUT2D eigenvalue weighted by molar-refractivity contribution is 0.467. The van der Waals surface area contributed by atoms with Gasteiger partial charge in [0.2, 0.25) is 0 Å². The monoisotopic (exact) mass is 268 g/mol. The minimum atomic E-state index is -0.802. The molecule has 3 rings (SSSR count). The van der Waals surface area contributed by atoms with E-state index in [4.69, 9.17) is 5.26 Å². The number of hydrogen-bond acceptors (Lipinski definition) is 4. The van der Waals surface area contributed by atoms with Crippen LogP contribution in [0.15, 0.2) is 30.5 Å². The van der Waals surface area contributed by atoms with Crippen molar-refractivity contribution in [1.82, 2.24) is 9.97 Å². The van der Waals surface area contributed by atoms with Gasteiger partial charge in [0.15, 0.2) is 0 Å². The number of hydrogen-bond donors (Lipinski definition) is 1. The highest BCUT2D eigenvalue weighted by Crippen LogP contribution is 2.43. The molecule has 2 heterocycles. The van der Waals surface area contributed by atoms with Crippen molar-refractivity contribution in [3.63, 3.8) is 0 Å². The van der Waals surface area contributed by atoms with Crippen molar-refractivity contribution in [3.05, 3.63) is 47.4 Å². The number of aryl methyl sites for hydroxylation is 1. The maximum absolute atomic E-state index is 13.1. The van der Waals surface area contributed by atoms with E-state index in [1.807, 2.05) is 19.1 Å². The Hall–Kier alpha value is -2.48. The normalized spacial score (nSPS) is 20.2. The van der Waals surface area contributed by atoms with Gasteiger partial charge in [0.05, 0.1) is 16.9 Å². The number of halogens is 1. The molecule has 0 bridgehead atoms. The van der Waals surface area contributed by atoms with Gasteiger partial charge in [-0.15, -0.1) is 0 Å². The maximum Gasteiger partial charge on any atom is 0.148 e. The Kier molecular flexibility index (Phi) is 3.07. The molecule has 1 N–H and O–H groups in total. The Bertz CT molecular complexity index is 693. The van der Waals surface area contributed by atoms with Crippen LogP contribution < -0.4 is 5.32 Å². The molecule has 0 amide bonds. The number of nitriles is 1. The zero-order valence-corrected chi connectivity index (χ0v) is 11.0. The number of aromatic nitrogens is 2. The summed E-state index contributed by atoms with van der Waals surface area (Å²) in [7, 11) is 0. The summed E-state index contributed by atoms with van der Waals surface area (Å²) in [5.41, 5.74) is 2.74. The van der Waals surface area contributed by atoms with E-state index in [0.29, 0.717) is 23.5 Å². The van der Waals surface area contributed by atoms with Crippen molar-refractivity contribution in [3.8, 4) is 6.07 Å². The third-order valence-electron chi connectivity index (χ3n) is 3.39. The molecule has 1 fully saturated rings. The minimum Gasteiger partial charge on any atom is -0.338 e. The van der Waals surface area contributed by atoms with Crippen LogP contribution in [0, 0.1) is 18.3 Å². The Morgan fingerprint density at radius 3 is 2.85 bits per heavy atom. The molecule has 5 heteroatoms. The number of nitrogens with one attached hydrogen (secondary N) is 1. The maximum atomic E-state index is 13.1. The van der Waals surface area contributed by atoms with Gasteiger partial charge in [-0.2, -0.15) is 5.26 Å². The molecule has 0 aliphatic heterocycles. The number of alkyl halides is 1. The first-order valence-corrected chi connectivity index (χ1v) is 6.43. The van der Waals surface area contributed by atoms with Gasteiger partial charge in [-0.1, -0.05) is 0 Å². The molecule has 1 saturated carbocycles. The van der Waals surface area contributed by atoms with Crippen molar-refractivity contribution >= 4 is 11.5 Å². The van der Waals surface area contributed by atoms with Crippen LogP contribution in [0.3, 0.4) is 0 Å². The van der Waals surface area contributed by atoms with Crippen LogP contribution >= 0.6 is 0 Å². The summed E-state index contributed by atoms with van der Waals surface area (Å²) < 4.78 is 13.1. The number of rotatable bonds is 3. The van der Waals surface area contributed by atoms with Gasteiger partial charge in [-0.3, -0.25) is 4.98 Å². The van der Waals surface area contributed by atoms with E-state index in [2.05, 4.69) is 21.4 Å². The van der Waals surface area contributed by atoms with Gasteiger partial charge in [0.1, 0.15) is 18.1 Å². The highest BCUT2D eigenvalue weighted by Gasteiger charge is 2.40. The second-order valence-electron chi connectivity index (χ2n) is 4.86. The van der Waals surface area contributed by atoms with Crippen molar-refractivity contribution in [2.24, 2.45) is 0 Å². The quantitative estimate of drug-likeness (QED) is 0.928. The van der Waals surface area contributed by atoms with E-state index in [-0.39, 0.29) is 5.92 Å². The Labute approximate surface area is 116 Å². The van der Waals surface area contributed by atoms with Gasteiger partial charge in [0.25, 0.3) is 0 Å². The van der Waals surface area contributed by atoms with E-state index in [1.165, 1.54) is 0 Å². The average molecular weight is 268 g/mol. The van der Waals surface area contributed by atoms with Crippen molar-refractivity contribution in [2.75, 3.05) is 5.32 Å². The molecule has 20 heavy (non-hydrogen) atoms. The molecule has 1 aliphatic carbocycles. The molecular formula is C15H13FN4. The predicted molar refractivity (Wildman–Crippen MR) is 73.5 cm³/mol. The molecule has 0 saturated heterocycles. The fraction of sp³-hybridized carbons (Fsp3) is 0.267. The summed E-state index contributed by atoms with van der Waals surface area (Å²) in [5.74, 6) is 0.332. The molecular weight excluding hydrogens is 255 g/mol. The first-order valence-electron chi connectivity index (χ1n) is 6.43. The fourth-order valence-electron chi connectivity index (χ4n) is 2.08. The molecule has 2 aromatic rings. The third-order valence-corrected chi connectivity index (χ3v) is 3.39. The molecule has 1 aliphatic rings. The first kappa shape index (κ1) is 12.5. The largest absolute Gasteiger partial charge is 0.338 e. The smallest absolute Gasteiger partial charge is 0.148 e. The van der Waals surface area contributed by atoms with Crippen LogP contribution in [0.2, 0.25) is 0 Å². The highest BCUT2D eigenvalue weighted by molar-refractivity contribution is 5.64. The molecule has 100 valence electrons. The summed E-state index contributed by atoms with van der Waals surface area (Å²) in [6.07, 6.45) is 1.42. The fourth-order valence-corrected chi connectivity index (χ4v) is 2.08. The summed E-state index contributed by atoms with van der Waals surface area (Å²) in [4.78, 5) is 8.57.